The third kappa shape index (κ3) is 2.38. The van der Waals surface area contributed by atoms with E-state index in [1.807, 2.05) is 0 Å². The zero-order valence-electron chi connectivity index (χ0n) is 10.0. The van der Waals surface area contributed by atoms with Crippen LogP contribution in [-0.4, -0.2) is 23.2 Å². The topological polar surface area (TPSA) is 51.0 Å². The molecule has 0 radical (unpaired) electrons. The highest BCUT2D eigenvalue weighted by atomic mass is 35.5. The van der Waals surface area contributed by atoms with Gasteiger partial charge in [-0.2, -0.15) is 18.2 Å². The van der Waals surface area contributed by atoms with E-state index in [1.54, 1.807) is 0 Å². The van der Waals surface area contributed by atoms with E-state index in [-0.39, 0.29) is 22.3 Å². The maximum atomic E-state index is 13.0. The second-order valence-electron chi connectivity index (χ2n) is 4.50. The van der Waals surface area contributed by atoms with E-state index in [1.165, 1.54) is 12.1 Å². The average molecular weight is 304 g/mol. The molecule has 20 heavy (non-hydrogen) atoms. The zero-order chi connectivity index (χ0) is 14.3. The molecular weight excluding hydrogens is 295 g/mol. The maximum absolute atomic E-state index is 13.0. The van der Waals surface area contributed by atoms with Crippen molar-refractivity contribution in [2.45, 2.75) is 12.1 Å². The highest BCUT2D eigenvalue weighted by molar-refractivity contribution is 6.30. The van der Waals surface area contributed by atoms with Crippen molar-refractivity contribution in [3.8, 4) is 11.4 Å². The summed E-state index contributed by atoms with van der Waals surface area (Å²) in [5.41, 5.74) is -1.01. The van der Waals surface area contributed by atoms with Gasteiger partial charge in [0.2, 0.25) is 11.7 Å². The summed E-state index contributed by atoms with van der Waals surface area (Å²) >= 11 is 5.63. The molecule has 1 aliphatic heterocycles. The van der Waals surface area contributed by atoms with Crippen LogP contribution in [0.5, 0.6) is 0 Å². The quantitative estimate of drug-likeness (QED) is 0.926. The number of benzene rings is 1. The molecule has 0 atom stereocenters. The van der Waals surface area contributed by atoms with Crippen LogP contribution in [0.15, 0.2) is 22.7 Å². The SMILES string of the molecule is FC(F)(F)c1cc(Cl)ccc1-c1noc(C2CNC2)n1. The average Bonchev–Trinajstić information content (AvgIpc) is 2.74. The van der Waals surface area contributed by atoms with Gasteiger partial charge in [-0.3, -0.25) is 0 Å². The summed E-state index contributed by atoms with van der Waals surface area (Å²) in [4.78, 5) is 4.05. The van der Waals surface area contributed by atoms with Gasteiger partial charge in [-0.1, -0.05) is 16.8 Å². The van der Waals surface area contributed by atoms with Crippen molar-refractivity contribution in [1.82, 2.24) is 15.5 Å². The van der Waals surface area contributed by atoms with Crippen LogP contribution < -0.4 is 5.32 Å². The van der Waals surface area contributed by atoms with Crippen molar-refractivity contribution in [3.63, 3.8) is 0 Å². The second-order valence-corrected chi connectivity index (χ2v) is 4.94. The van der Waals surface area contributed by atoms with Crippen molar-refractivity contribution in [3.05, 3.63) is 34.7 Å². The van der Waals surface area contributed by atoms with Gasteiger partial charge in [-0.15, -0.1) is 0 Å². The maximum Gasteiger partial charge on any atom is 0.417 e. The molecule has 8 heteroatoms. The molecular formula is C12H9ClF3N3O. The lowest BCUT2D eigenvalue weighted by Crippen LogP contribution is -2.40. The first-order valence-electron chi connectivity index (χ1n) is 5.86. The first kappa shape index (κ1) is 13.4. The number of hydrogen-bond donors (Lipinski definition) is 1. The lowest BCUT2D eigenvalue weighted by Gasteiger charge is -2.22. The van der Waals surface area contributed by atoms with Gasteiger partial charge in [-0.05, 0) is 18.2 Å². The number of rotatable bonds is 2. The van der Waals surface area contributed by atoms with Crippen LogP contribution in [0.4, 0.5) is 13.2 Å². The molecule has 0 unspecified atom stereocenters. The molecule has 1 N–H and O–H groups in total. The monoisotopic (exact) mass is 303 g/mol. The summed E-state index contributed by atoms with van der Waals surface area (Å²) in [6.45, 7) is 1.38. The summed E-state index contributed by atoms with van der Waals surface area (Å²) in [5.74, 6) is 0.343. The molecule has 2 aromatic rings. The van der Waals surface area contributed by atoms with Crippen LogP contribution in [-0.2, 0) is 6.18 Å². The largest absolute Gasteiger partial charge is 0.417 e. The highest BCUT2D eigenvalue weighted by Crippen LogP contribution is 2.38. The molecule has 0 amide bonds. The summed E-state index contributed by atoms with van der Waals surface area (Å²) in [5, 5.41) is 6.67. The minimum absolute atomic E-state index is 0.00739. The Morgan fingerprint density at radius 2 is 2.05 bits per heavy atom. The third-order valence-electron chi connectivity index (χ3n) is 3.10. The Morgan fingerprint density at radius 1 is 1.30 bits per heavy atom. The Labute approximate surface area is 116 Å². The molecule has 4 nitrogen and oxygen atoms in total. The smallest absolute Gasteiger partial charge is 0.339 e. The van der Waals surface area contributed by atoms with Crippen LogP contribution in [0.1, 0.15) is 17.4 Å². The van der Waals surface area contributed by atoms with Crippen molar-refractivity contribution < 1.29 is 17.7 Å². The lowest BCUT2D eigenvalue weighted by atomic mass is 10.0. The molecule has 1 fully saturated rings. The van der Waals surface area contributed by atoms with E-state index in [4.69, 9.17) is 16.1 Å². The Bertz CT molecular complexity index is 637. The van der Waals surface area contributed by atoms with Gasteiger partial charge >= 0.3 is 6.18 Å². The van der Waals surface area contributed by atoms with Crippen LogP contribution >= 0.6 is 11.6 Å². The minimum atomic E-state index is -4.53. The van der Waals surface area contributed by atoms with E-state index < -0.39 is 11.7 Å². The second kappa shape index (κ2) is 4.75. The number of hydrogen-bond acceptors (Lipinski definition) is 4. The van der Waals surface area contributed by atoms with E-state index in [9.17, 15) is 13.2 Å². The molecule has 1 aliphatic rings. The van der Waals surface area contributed by atoms with Crippen LogP contribution in [0.25, 0.3) is 11.4 Å². The lowest BCUT2D eigenvalue weighted by molar-refractivity contribution is -0.137. The molecule has 1 saturated heterocycles. The van der Waals surface area contributed by atoms with Gasteiger partial charge in [0.25, 0.3) is 0 Å². The standard InChI is InChI=1S/C12H9ClF3N3O/c13-7-1-2-8(9(3-7)12(14,15)16)10-18-11(20-19-10)6-4-17-5-6/h1-3,6,17H,4-5H2. The first-order valence-corrected chi connectivity index (χ1v) is 6.24. The van der Waals surface area contributed by atoms with Crippen molar-refractivity contribution >= 4 is 11.6 Å². The van der Waals surface area contributed by atoms with E-state index in [0.717, 1.165) is 6.07 Å². The van der Waals surface area contributed by atoms with Gasteiger partial charge in [0, 0.05) is 23.7 Å². The molecule has 3 rings (SSSR count). The van der Waals surface area contributed by atoms with Crippen molar-refractivity contribution in [2.75, 3.05) is 13.1 Å². The minimum Gasteiger partial charge on any atom is -0.339 e. The normalized spacial score (nSPS) is 16.2. The fourth-order valence-corrected chi connectivity index (χ4v) is 2.09. The number of halogens is 4. The first-order chi connectivity index (χ1) is 9.45. The predicted octanol–water partition coefficient (Wildman–Crippen LogP) is 3.10. The number of aromatic nitrogens is 2. The Balaban J connectivity index is 2.02. The van der Waals surface area contributed by atoms with Crippen molar-refractivity contribution in [2.24, 2.45) is 0 Å². The van der Waals surface area contributed by atoms with E-state index in [0.29, 0.717) is 19.0 Å². The van der Waals surface area contributed by atoms with Gasteiger partial charge in [0.15, 0.2) is 0 Å². The number of alkyl halides is 3. The molecule has 2 heterocycles. The van der Waals surface area contributed by atoms with Gasteiger partial charge in [0.1, 0.15) is 0 Å². The number of nitrogens with zero attached hydrogens (tertiary/aromatic N) is 2. The number of nitrogens with one attached hydrogen (secondary N) is 1. The Morgan fingerprint density at radius 3 is 2.65 bits per heavy atom. The summed E-state index contributed by atoms with van der Waals surface area (Å²) in [6.07, 6.45) is -4.53. The van der Waals surface area contributed by atoms with E-state index in [2.05, 4.69) is 15.5 Å². The molecule has 106 valence electrons. The van der Waals surface area contributed by atoms with Crippen LogP contribution in [0, 0.1) is 0 Å². The van der Waals surface area contributed by atoms with Crippen molar-refractivity contribution in [1.29, 1.82) is 0 Å². The molecule has 0 bridgehead atoms. The third-order valence-corrected chi connectivity index (χ3v) is 3.34. The summed E-state index contributed by atoms with van der Waals surface area (Å²) in [6, 6.07) is 3.48. The molecule has 1 aromatic heterocycles. The summed E-state index contributed by atoms with van der Waals surface area (Å²) < 4.78 is 44.0. The van der Waals surface area contributed by atoms with E-state index >= 15 is 0 Å². The van der Waals surface area contributed by atoms with Crippen LogP contribution in [0.3, 0.4) is 0 Å². The highest BCUT2D eigenvalue weighted by Gasteiger charge is 2.35. The molecule has 0 saturated carbocycles. The predicted molar refractivity (Wildman–Crippen MR) is 65.4 cm³/mol. The van der Waals surface area contributed by atoms with Gasteiger partial charge < -0.3 is 9.84 Å². The van der Waals surface area contributed by atoms with Gasteiger partial charge in [0.05, 0.1) is 11.5 Å². The van der Waals surface area contributed by atoms with Crippen LogP contribution in [0.2, 0.25) is 5.02 Å². The Kier molecular flexibility index (Phi) is 3.18. The Hall–Kier alpha value is -1.60. The zero-order valence-corrected chi connectivity index (χ0v) is 10.8. The summed E-state index contributed by atoms with van der Waals surface area (Å²) in [7, 11) is 0. The molecule has 0 spiro atoms. The van der Waals surface area contributed by atoms with Gasteiger partial charge in [-0.25, -0.2) is 0 Å². The molecule has 0 aliphatic carbocycles. The fourth-order valence-electron chi connectivity index (χ4n) is 1.92. The molecule has 1 aromatic carbocycles. The fraction of sp³-hybridized carbons (Fsp3) is 0.333.